The van der Waals surface area contributed by atoms with E-state index < -0.39 is 5.54 Å². The average Bonchev–Trinajstić information content (AvgIpc) is 3.11. The van der Waals surface area contributed by atoms with Crippen LogP contribution in [0.5, 0.6) is 5.75 Å². The lowest BCUT2D eigenvalue weighted by Crippen LogP contribution is -2.44. The Morgan fingerprint density at radius 3 is 2.03 bits per heavy atom. The van der Waals surface area contributed by atoms with Gasteiger partial charge in [-0.2, -0.15) is 0 Å². The second kappa shape index (κ2) is 6.12. The molecule has 0 fully saturated rings. The molecule has 6 heteroatoms. The van der Waals surface area contributed by atoms with Crippen LogP contribution in [0.4, 0.5) is 0 Å². The standard InChI is InChI=1S/C23H28N2O4/c1-22(2,3)24-11-14(18(26)20(24)27)17-13-9-7-8-10-16(13)29-19-15(17)12-25(21(19)28)23(4,5)6/h7-10,17,26H,11-12H2,1-6H3/t17-/m1/s1. The van der Waals surface area contributed by atoms with Gasteiger partial charge in [0.25, 0.3) is 11.8 Å². The molecule has 3 aliphatic heterocycles. The number of para-hydroxylation sites is 1. The minimum absolute atomic E-state index is 0.149. The summed E-state index contributed by atoms with van der Waals surface area (Å²) in [5.74, 6) is -0.162. The molecule has 0 unspecified atom stereocenters. The van der Waals surface area contributed by atoms with E-state index in [1.807, 2.05) is 65.8 Å². The lowest BCUT2D eigenvalue weighted by Gasteiger charge is -2.34. The summed E-state index contributed by atoms with van der Waals surface area (Å²) in [5, 5.41) is 10.8. The monoisotopic (exact) mass is 396 g/mol. The summed E-state index contributed by atoms with van der Waals surface area (Å²) in [6.07, 6.45) is 0. The predicted molar refractivity (Wildman–Crippen MR) is 109 cm³/mol. The van der Waals surface area contributed by atoms with Crippen molar-refractivity contribution in [2.24, 2.45) is 0 Å². The van der Waals surface area contributed by atoms with Crippen molar-refractivity contribution in [2.45, 2.75) is 58.5 Å². The van der Waals surface area contributed by atoms with Gasteiger partial charge in [0.2, 0.25) is 0 Å². The van der Waals surface area contributed by atoms with Gasteiger partial charge in [-0.15, -0.1) is 0 Å². The van der Waals surface area contributed by atoms with Crippen LogP contribution in [0.3, 0.4) is 0 Å². The number of aliphatic hydroxyl groups excluding tert-OH is 1. The molecular formula is C23H28N2O4. The van der Waals surface area contributed by atoms with Crippen molar-refractivity contribution in [3.8, 4) is 5.75 Å². The molecule has 0 saturated heterocycles. The quantitative estimate of drug-likeness (QED) is 0.789. The van der Waals surface area contributed by atoms with Gasteiger partial charge in [-0.05, 0) is 47.6 Å². The molecule has 0 radical (unpaired) electrons. The van der Waals surface area contributed by atoms with Gasteiger partial charge in [0.15, 0.2) is 11.5 Å². The molecule has 3 heterocycles. The first kappa shape index (κ1) is 19.6. The molecule has 2 amide bonds. The maximum Gasteiger partial charge on any atom is 0.290 e. The fraction of sp³-hybridized carbons (Fsp3) is 0.478. The minimum Gasteiger partial charge on any atom is -0.503 e. The Morgan fingerprint density at radius 2 is 1.45 bits per heavy atom. The van der Waals surface area contributed by atoms with Crippen molar-refractivity contribution >= 4 is 11.8 Å². The fourth-order valence-electron chi connectivity index (χ4n) is 4.31. The maximum atomic E-state index is 13.1. The molecule has 1 aromatic carbocycles. The van der Waals surface area contributed by atoms with Crippen LogP contribution in [0.25, 0.3) is 0 Å². The Labute approximate surface area is 171 Å². The van der Waals surface area contributed by atoms with Crippen LogP contribution in [0.15, 0.2) is 46.9 Å². The summed E-state index contributed by atoms with van der Waals surface area (Å²) in [6, 6.07) is 7.54. The van der Waals surface area contributed by atoms with Gasteiger partial charge >= 0.3 is 0 Å². The largest absolute Gasteiger partial charge is 0.503 e. The molecule has 0 saturated carbocycles. The lowest BCUT2D eigenvalue weighted by molar-refractivity contribution is -0.132. The SMILES string of the molecule is CC(C)(C)N1CC([C@@H]2C3=C(Oc4ccccc42)C(=O)N(C(C)(C)C)C3)=C(O)C1=O. The van der Waals surface area contributed by atoms with Gasteiger partial charge in [0.05, 0.1) is 0 Å². The number of rotatable bonds is 1. The van der Waals surface area contributed by atoms with Crippen LogP contribution in [-0.2, 0) is 9.59 Å². The number of carbonyl (C=O) groups excluding carboxylic acids is 2. The van der Waals surface area contributed by atoms with E-state index in [-0.39, 0.29) is 29.0 Å². The van der Waals surface area contributed by atoms with E-state index in [0.717, 1.165) is 11.1 Å². The summed E-state index contributed by atoms with van der Waals surface area (Å²) in [5.41, 5.74) is 1.54. The smallest absolute Gasteiger partial charge is 0.290 e. The van der Waals surface area contributed by atoms with Crippen molar-refractivity contribution in [3.05, 3.63) is 52.5 Å². The minimum atomic E-state index is -0.419. The molecule has 0 aliphatic carbocycles. The number of aliphatic hydroxyl groups is 1. The Hall–Kier alpha value is -2.76. The second-order valence-electron chi connectivity index (χ2n) is 9.93. The molecule has 6 nitrogen and oxygen atoms in total. The molecule has 4 rings (SSSR count). The van der Waals surface area contributed by atoms with Gasteiger partial charge in [0.1, 0.15) is 5.75 Å². The number of nitrogens with zero attached hydrogens (tertiary/aromatic N) is 2. The number of fused-ring (bicyclic) bond motifs is 1. The molecule has 1 atom stereocenters. The summed E-state index contributed by atoms with van der Waals surface area (Å²) >= 11 is 0. The normalized spacial score (nSPS) is 22.3. The molecule has 1 N–H and O–H groups in total. The van der Waals surface area contributed by atoms with Crippen LogP contribution in [0.1, 0.15) is 53.0 Å². The molecule has 0 spiro atoms. The summed E-state index contributed by atoms with van der Waals surface area (Å²) in [7, 11) is 0. The molecule has 29 heavy (non-hydrogen) atoms. The first-order valence-electron chi connectivity index (χ1n) is 9.97. The summed E-state index contributed by atoms with van der Waals surface area (Å²) in [4.78, 5) is 29.4. The van der Waals surface area contributed by atoms with E-state index in [9.17, 15) is 14.7 Å². The van der Waals surface area contributed by atoms with Crippen LogP contribution >= 0.6 is 0 Å². The van der Waals surface area contributed by atoms with Crippen LogP contribution in [-0.4, -0.2) is 50.9 Å². The summed E-state index contributed by atoms with van der Waals surface area (Å²) in [6.45, 7) is 12.6. The van der Waals surface area contributed by atoms with Gasteiger partial charge < -0.3 is 19.6 Å². The number of ether oxygens (including phenoxy) is 1. The summed E-state index contributed by atoms with van der Waals surface area (Å²) < 4.78 is 6.03. The molecule has 0 aromatic heterocycles. The van der Waals surface area contributed by atoms with Crippen LogP contribution in [0.2, 0.25) is 0 Å². The van der Waals surface area contributed by atoms with Gasteiger partial charge in [-0.3, -0.25) is 9.59 Å². The second-order valence-corrected chi connectivity index (χ2v) is 9.93. The predicted octanol–water partition coefficient (Wildman–Crippen LogP) is 3.51. The third kappa shape index (κ3) is 2.93. The zero-order valence-corrected chi connectivity index (χ0v) is 17.9. The van der Waals surface area contributed by atoms with E-state index in [2.05, 4.69) is 0 Å². The van der Waals surface area contributed by atoms with Crippen LogP contribution < -0.4 is 4.74 Å². The van der Waals surface area contributed by atoms with Crippen molar-refractivity contribution < 1.29 is 19.4 Å². The molecule has 3 aliphatic rings. The highest BCUT2D eigenvalue weighted by Crippen LogP contribution is 2.49. The van der Waals surface area contributed by atoms with Crippen molar-refractivity contribution in [1.82, 2.24) is 9.80 Å². The van der Waals surface area contributed by atoms with Crippen molar-refractivity contribution in [1.29, 1.82) is 0 Å². The van der Waals surface area contributed by atoms with Crippen LogP contribution in [0, 0.1) is 0 Å². The molecule has 1 aromatic rings. The fourth-order valence-corrected chi connectivity index (χ4v) is 4.31. The Bertz CT molecular complexity index is 975. The van der Waals surface area contributed by atoms with E-state index >= 15 is 0 Å². The Morgan fingerprint density at radius 1 is 0.897 bits per heavy atom. The van der Waals surface area contributed by atoms with Crippen molar-refractivity contribution in [2.75, 3.05) is 13.1 Å². The molecule has 154 valence electrons. The number of hydrogen-bond acceptors (Lipinski definition) is 4. The number of benzene rings is 1. The van der Waals surface area contributed by atoms with Gasteiger partial charge in [0, 0.05) is 46.8 Å². The molecular weight excluding hydrogens is 368 g/mol. The lowest BCUT2D eigenvalue weighted by atomic mass is 9.82. The number of hydrogen-bond donors (Lipinski definition) is 1. The van der Waals surface area contributed by atoms with E-state index in [1.54, 1.807) is 9.80 Å². The third-order valence-electron chi connectivity index (χ3n) is 5.90. The number of carbonyl (C=O) groups is 2. The van der Waals surface area contributed by atoms with E-state index in [0.29, 0.717) is 30.2 Å². The number of amides is 2. The van der Waals surface area contributed by atoms with E-state index in [1.165, 1.54) is 0 Å². The zero-order valence-electron chi connectivity index (χ0n) is 17.9. The first-order valence-corrected chi connectivity index (χ1v) is 9.97. The highest BCUT2D eigenvalue weighted by atomic mass is 16.5. The highest BCUT2D eigenvalue weighted by Gasteiger charge is 2.48. The van der Waals surface area contributed by atoms with Crippen molar-refractivity contribution in [3.63, 3.8) is 0 Å². The van der Waals surface area contributed by atoms with Gasteiger partial charge in [-0.1, -0.05) is 18.2 Å². The Kier molecular flexibility index (Phi) is 4.12. The highest BCUT2D eigenvalue weighted by molar-refractivity contribution is 5.99. The Balaban J connectivity index is 1.84. The maximum absolute atomic E-state index is 13.1. The zero-order chi connectivity index (χ0) is 21.3. The topological polar surface area (TPSA) is 70.1 Å². The third-order valence-corrected chi connectivity index (χ3v) is 5.90. The van der Waals surface area contributed by atoms with Gasteiger partial charge in [-0.25, -0.2) is 0 Å². The molecule has 0 bridgehead atoms. The van der Waals surface area contributed by atoms with E-state index in [4.69, 9.17) is 4.74 Å². The first-order chi connectivity index (χ1) is 13.4. The average molecular weight is 396 g/mol.